The lowest BCUT2D eigenvalue weighted by Crippen LogP contribution is -2.42. The Morgan fingerprint density at radius 2 is 2.10 bits per heavy atom. The van der Waals surface area contributed by atoms with Crippen LogP contribution in [0.5, 0.6) is 0 Å². The van der Waals surface area contributed by atoms with Gasteiger partial charge in [0.25, 0.3) is 5.91 Å². The average molecular weight is 271 g/mol. The number of rotatable bonds is 4. The molecular formula is C16H21N3O. The molecule has 2 aromatic rings. The highest BCUT2D eigenvalue weighted by Gasteiger charge is 2.13. The molecule has 0 radical (unpaired) electrons. The summed E-state index contributed by atoms with van der Waals surface area (Å²) in [6.07, 6.45) is 1.29. The Kier molecular flexibility index (Phi) is 3.49. The highest BCUT2D eigenvalue weighted by Crippen LogP contribution is 2.19. The van der Waals surface area contributed by atoms with Crippen molar-refractivity contribution >= 4 is 16.8 Å². The fourth-order valence-electron chi connectivity index (χ4n) is 2.66. The van der Waals surface area contributed by atoms with Gasteiger partial charge in [-0.25, -0.2) is 0 Å². The smallest absolute Gasteiger partial charge is 0.251 e. The molecular weight excluding hydrogens is 250 g/mol. The second kappa shape index (κ2) is 5.29. The Morgan fingerprint density at radius 1 is 1.30 bits per heavy atom. The van der Waals surface area contributed by atoms with Gasteiger partial charge in [-0.3, -0.25) is 4.79 Å². The van der Waals surface area contributed by atoms with Crippen molar-refractivity contribution in [3.8, 4) is 0 Å². The fraction of sp³-hybridized carbons (Fsp3) is 0.438. The molecule has 0 unspecified atom stereocenters. The Bertz CT molecular complexity index is 640. The normalized spacial score (nSPS) is 15.3. The van der Waals surface area contributed by atoms with Gasteiger partial charge < -0.3 is 14.8 Å². The number of fused-ring (bicyclic) bond motifs is 1. The largest absolute Gasteiger partial charge is 0.351 e. The van der Waals surface area contributed by atoms with Crippen LogP contribution in [-0.4, -0.2) is 41.6 Å². The van der Waals surface area contributed by atoms with Crippen molar-refractivity contribution in [3.05, 3.63) is 35.5 Å². The second-order valence-electron chi connectivity index (χ2n) is 5.57. The molecule has 1 fully saturated rings. The molecule has 1 aliphatic heterocycles. The van der Waals surface area contributed by atoms with Crippen molar-refractivity contribution in [1.29, 1.82) is 0 Å². The quantitative estimate of drug-likeness (QED) is 0.922. The van der Waals surface area contributed by atoms with Gasteiger partial charge in [-0.15, -0.1) is 0 Å². The summed E-state index contributed by atoms with van der Waals surface area (Å²) >= 11 is 0. The Balaban J connectivity index is 1.67. The summed E-state index contributed by atoms with van der Waals surface area (Å²) in [7, 11) is 2.05. The molecule has 4 nitrogen and oxygen atoms in total. The number of benzene rings is 1. The third kappa shape index (κ3) is 2.43. The zero-order chi connectivity index (χ0) is 14.1. The van der Waals surface area contributed by atoms with Crippen LogP contribution < -0.4 is 5.32 Å². The van der Waals surface area contributed by atoms with Crippen LogP contribution in [0, 0.1) is 6.92 Å². The van der Waals surface area contributed by atoms with Gasteiger partial charge in [0.2, 0.25) is 0 Å². The first-order chi connectivity index (χ1) is 9.65. The fourth-order valence-corrected chi connectivity index (χ4v) is 2.66. The van der Waals surface area contributed by atoms with E-state index < -0.39 is 0 Å². The molecule has 106 valence electrons. The van der Waals surface area contributed by atoms with Crippen LogP contribution in [0.15, 0.2) is 24.3 Å². The van der Waals surface area contributed by atoms with E-state index in [1.54, 1.807) is 0 Å². The number of carbonyl (C=O) groups excluding carboxylic acids is 1. The maximum Gasteiger partial charge on any atom is 0.251 e. The lowest BCUT2D eigenvalue weighted by atomic mass is 10.1. The maximum absolute atomic E-state index is 12.1. The van der Waals surface area contributed by atoms with Crippen LogP contribution in [0.2, 0.25) is 0 Å². The van der Waals surface area contributed by atoms with Crippen molar-refractivity contribution in [2.75, 3.05) is 26.2 Å². The van der Waals surface area contributed by atoms with Gasteiger partial charge in [0.15, 0.2) is 0 Å². The van der Waals surface area contributed by atoms with Crippen LogP contribution in [0.1, 0.15) is 22.5 Å². The van der Waals surface area contributed by atoms with Crippen LogP contribution in [0.4, 0.5) is 0 Å². The van der Waals surface area contributed by atoms with Crippen molar-refractivity contribution < 1.29 is 4.79 Å². The van der Waals surface area contributed by atoms with Gasteiger partial charge in [0.05, 0.1) is 0 Å². The van der Waals surface area contributed by atoms with E-state index in [0.717, 1.165) is 24.0 Å². The summed E-state index contributed by atoms with van der Waals surface area (Å²) in [5, 5.41) is 4.12. The van der Waals surface area contributed by atoms with Gasteiger partial charge in [-0.2, -0.15) is 0 Å². The topological polar surface area (TPSA) is 37.3 Å². The first-order valence-corrected chi connectivity index (χ1v) is 7.22. The molecule has 0 saturated carbocycles. The second-order valence-corrected chi connectivity index (χ2v) is 5.57. The third-order valence-corrected chi connectivity index (χ3v) is 4.21. The van der Waals surface area contributed by atoms with Crippen molar-refractivity contribution in [1.82, 2.24) is 14.8 Å². The summed E-state index contributed by atoms with van der Waals surface area (Å²) in [5.41, 5.74) is 3.11. The molecule has 2 heterocycles. The van der Waals surface area contributed by atoms with Gasteiger partial charge in [-0.1, -0.05) is 0 Å². The average Bonchev–Trinajstić information content (AvgIpc) is 2.67. The summed E-state index contributed by atoms with van der Waals surface area (Å²) in [6, 6.07) is 8.01. The molecule has 0 spiro atoms. The SMILES string of the molecule is Cc1cc2cc(C(=O)NCCN3CCC3)ccc2n1C. The Morgan fingerprint density at radius 3 is 2.80 bits per heavy atom. The molecule has 1 N–H and O–H groups in total. The monoisotopic (exact) mass is 271 g/mol. The highest BCUT2D eigenvalue weighted by atomic mass is 16.1. The van der Waals surface area contributed by atoms with E-state index >= 15 is 0 Å². The van der Waals surface area contributed by atoms with E-state index in [2.05, 4.69) is 27.8 Å². The summed E-state index contributed by atoms with van der Waals surface area (Å²) < 4.78 is 2.14. The maximum atomic E-state index is 12.1. The number of nitrogens with zero attached hydrogens (tertiary/aromatic N) is 2. The van der Waals surface area contributed by atoms with E-state index in [4.69, 9.17) is 0 Å². The molecule has 1 aliphatic rings. The van der Waals surface area contributed by atoms with E-state index in [1.807, 2.05) is 25.2 Å². The lowest BCUT2D eigenvalue weighted by molar-refractivity contribution is 0.0941. The summed E-state index contributed by atoms with van der Waals surface area (Å²) in [4.78, 5) is 14.5. The Hall–Kier alpha value is -1.81. The standard InChI is InChI=1S/C16H21N3O/c1-12-10-14-11-13(4-5-15(14)18(12)2)16(20)17-6-9-19-7-3-8-19/h4-5,10-11H,3,6-9H2,1-2H3,(H,17,20). The van der Waals surface area contributed by atoms with Crippen LogP contribution in [0.25, 0.3) is 10.9 Å². The number of hydrogen-bond donors (Lipinski definition) is 1. The number of nitrogens with one attached hydrogen (secondary N) is 1. The number of carbonyl (C=O) groups is 1. The van der Waals surface area contributed by atoms with Crippen molar-refractivity contribution in [2.45, 2.75) is 13.3 Å². The van der Waals surface area contributed by atoms with E-state index in [9.17, 15) is 4.79 Å². The molecule has 1 aromatic carbocycles. The summed E-state index contributed by atoms with van der Waals surface area (Å²) in [6.45, 7) is 6.10. The number of hydrogen-bond acceptors (Lipinski definition) is 2. The molecule has 1 amide bonds. The third-order valence-electron chi connectivity index (χ3n) is 4.21. The first-order valence-electron chi connectivity index (χ1n) is 7.22. The van der Waals surface area contributed by atoms with Gasteiger partial charge in [0, 0.05) is 42.3 Å². The van der Waals surface area contributed by atoms with Crippen LogP contribution in [0.3, 0.4) is 0 Å². The van der Waals surface area contributed by atoms with Crippen LogP contribution in [-0.2, 0) is 7.05 Å². The zero-order valence-corrected chi connectivity index (χ0v) is 12.1. The molecule has 0 aliphatic carbocycles. The molecule has 3 rings (SSSR count). The molecule has 0 bridgehead atoms. The molecule has 0 atom stereocenters. The molecule has 4 heteroatoms. The van der Waals surface area contributed by atoms with Gasteiger partial charge in [0.1, 0.15) is 0 Å². The number of likely N-dealkylation sites (tertiary alicyclic amines) is 1. The van der Waals surface area contributed by atoms with E-state index in [1.165, 1.54) is 30.7 Å². The summed E-state index contributed by atoms with van der Waals surface area (Å²) in [5.74, 6) is 0.0222. The molecule has 20 heavy (non-hydrogen) atoms. The van der Waals surface area contributed by atoms with Gasteiger partial charge >= 0.3 is 0 Å². The Labute approximate surface area is 119 Å². The predicted octanol–water partition coefficient (Wildman–Crippen LogP) is 1.92. The van der Waals surface area contributed by atoms with Crippen molar-refractivity contribution in [2.24, 2.45) is 7.05 Å². The van der Waals surface area contributed by atoms with Crippen molar-refractivity contribution in [3.63, 3.8) is 0 Å². The minimum Gasteiger partial charge on any atom is -0.351 e. The molecule has 1 saturated heterocycles. The van der Waals surface area contributed by atoms with Gasteiger partial charge in [-0.05, 0) is 50.7 Å². The lowest BCUT2D eigenvalue weighted by Gasteiger charge is -2.30. The number of aryl methyl sites for hydroxylation is 2. The van der Waals surface area contributed by atoms with E-state index in [0.29, 0.717) is 0 Å². The predicted molar refractivity (Wildman–Crippen MR) is 81.0 cm³/mol. The number of aromatic nitrogens is 1. The first kappa shape index (κ1) is 13.2. The van der Waals surface area contributed by atoms with Crippen LogP contribution >= 0.6 is 0 Å². The molecule has 1 aromatic heterocycles. The minimum atomic E-state index is 0.0222. The van der Waals surface area contributed by atoms with E-state index in [-0.39, 0.29) is 5.91 Å². The highest BCUT2D eigenvalue weighted by molar-refractivity contribution is 5.98. The minimum absolute atomic E-state index is 0.0222. The zero-order valence-electron chi connectivity index (χ0n) is 12.1. The number of amides is 1.